The van der Waals surface area contributed by atoms with Crippen molar-refractivity contribution in [2.24, 2.45) is 0 Å². The number of rotatable bonds is 7. The molecule has 0 radical (unpaired) electrons. The Morgan fingerprint density at radius 1 is 1.38 bits per heavy atom. The van der Waals surface area contributed by atoms with Crippen LogP contribution in [0.4, 0.5) is 0 Å². The van der Waals surface area contributed by atoms with Gasteiger partial charge in [0.25, 0.3) is 0 Å². The SMILES string of the molecule is CCCN(CC(=O)N(C)C)Cc1cc(Cl)c(O)c(OC)c1. The largest absolute Gasteiger partial charge is 0.503 e. The van der Waals surface area contributed by atoms with Gasteiger partial charge in [0.05, 0.1) is 18.7 Å². The fourth-order valence-corrected chi connectivity index (χ4v) is 2.23. The summed E-state index contributed by atoms with van der Waals surface area (Å²) in [5.41, 5.74) is 0.898. The lowest BCUT2D eigenvalue weighted by Crippen LogP contribution is -2.36. The van der Waals surface area contributed by atoms with Crippen LogP contribution in [0.1, 0.15) is 18.9 Å². The van der Waals surface area contributed by atoms with Gasteiger partial charge in [-0.05, 0) is 30.7 Å². The Balaban J connectivity index is 2.88. The molecule has 5 nitrogen and oxygen atoms in total. The molecule has 0 aromatic heterocycles. The summed E-state index contributed by atoms with van der Waals surface area (Å²) in [6, 6.07) is 3.44. The average Bonchev–Trinajstić information content (AvgIpc) is 2.42. The summed E-state index contributed by atoms with van der Waals surface area (Å²) < 4.78 is 5.10. The van der Waals surface area contributed by atoms with E-state index in [9.17, 15) is 9.90 Å². The normalized spacial score (nSPS) is 10.8. The first-order valence-electron chi connectivity index (χ1n) is 6.86. The van der Waals surface area contributed by atoms with E-state index in [1.165, 1.54) is 7.11 Å². The van der Waals surface area contributed by atoms with Gasteiger partial charge in [0.2, 0.25) is 5.91 Å². The van der Waals surface area contributed by atoms with Crippen LogP contribution in [0, 0.1) is 0 Å². The highest BCUT2D eigenvalue weighted by molar-refractivity contribution is 6.32. The van der Waals surface area contributed by atoms with E-state index in [2.05, 4.69) is 6.92 Å². The van der Waals surface area contributed by atoms with Crippen molar-refractivity contribution in [3.63, 3.8) is 0 Å². The summed E-state index contributed by atoms with van der Waals surface area (Å²) >= 11 is 5.99. The number of hydrogen-bond acceptors (Lipinski definition) is 4. The summed E-state index contributed by atoms with van der Waals surface area (Å²) in [5.74, 6) is 0.336. The van der Waals surface area contributed by atoms with Crippen LogP contribution in [0.3, 0.4) is 0 Å². The van der Waals surface area contributed by atoms with Gasteiger partial charge >= 0.3 is 0 Å². The Labute approximate surface area is 131 Å². The van der Waals surface area contributed by atoms with Gasteiger partial charge in [-0.25, -0.2) is 0 Å². The quantitative estimate of drug-likeness (QED) is 0.839. The Morgan fingerprint density at radius 3 is 2.57 bits per heavy atom. The van der Waals surface area contributed by atoms with Crippen molar-refractivity contribution in [2.75, 3.05) is 34.3 Å². The van der Waals surface area contributed by atoms with Gasteiger partial charge in [0, 0.05) is 20.6 Å². The highest BCUT2D eigenvalue weighted by Crippen LogP contribution is 2.35. The fourth-order valence-electron chi connectivity index (χ4n) is 2.00. The van der Waals surface area contributed by atoms with Gasteiger partial charge in [-0.15, -0.1) is 0 Å². The van der Waals surface area contributed by atoms with E-state index in [-0.39, 0.29) is 16.7 Å². The van der Waals surface area contributed by atoms with Crippen LogP contribution >= 0.6 is 11.6 Å². The molecule has 0 atom stereocenters. The molecule has 1 rings (SSSR count). The number of phenols is 1. The number of halogens is 1. The third kappa shape index (κ3) is 5.10. The number of methoxy groups -OCH3 is 1. The molecule has 1 amide bonds. The minimum absolute atomic E-state index is 0.0558. The number of ether oxygens (including phenoxy) is 1. The average molecular weight is 315 g/mol. The van der Waals surface area contributed by atoms with Crippen molar-refractivity contribution >= 4 is 17.5 Å². The molecule has 1 N–H and O–H groups in total. The maximum Gasteiger partial charge on any atom is 0.236 e. The number of amides is 1. The van der Waals surface area contributed by atoms with Crippen LogP contribution in [0.5, 0.6) is 11.5 Å². The highest BCUT2D eigenvalue weighted by atomic mass is 35.5. The van der Waals surface area contributed by atoms with Crippen LogP contribution in [0.15, 0.2) is 12.1 Å². The summed E-state index contributed by atoms with van der Waals surface area (Å²) in [7, 11) is 4.97. The Bertz CT molecular complexity index is 492. The minimum atomic E-state index is -0.0608. The topological polar surface area (TPSA) is 53.0 Å². The Hall–Kier alpha value is -1.46. The van der Waals surface area contributed by atoms with Gasteiger partial charge in [-0.3, -0.25) is 9.69 Å². The molecule has 0 heterocycles. The molecule has 0 fully saturated rings. The molecule has 0 aliphatic heterocycles. The molecular formula is C15H23ClN2O3. The van der Waals surface area contributed by atoms with Gasteiger partial charge in [-0.1, -0.05) is 18.5 Å². The maximum absolute atomic E-state index is 11.9. The Morgan fingerprint density at radius 2 is 2.05 bits per heavy atom. The van der Waals surface area contributed by atoms with Crippen molar-refractivity contribution in [1.29, 1.82) is 0 Å². The van der Waals surface area contributed by atoms with E-state index in [4.69, 9.17) is 16.3 Å². The highest BCUT2D eigenvalue weighted by Gasteiger charge is 2.15. The van der Waals surface area contributed by atoms with E-state index in [1.54, 1.807) is 31.1 Å². The molecule has 118 valence electrons. The van der Waals surface area contributed by atoms with Crippen LogP contribution in [0.25, 0.3) is 0 Å². The van der Waals surface area contributed by atoms with Crippen molar-refractivity contribution in [2.45, 2.75) is 19.9 Å². The van der Waals surface area contributed by atoms with Gasteiger partial charge in [-0.2, -0.15) is 0 Å². The van der Waals surface area contributed by atoms with Crippen LogP contribution < -0.4 is 4.74 Å². The molecule has 1 aromatic rings. The monoisotopic (exact) mass is 314 g/mol. The van der Waals surface area contributed by atoms with Crippen molar-refractivity contribution < 1.29 is 14.6 Å². The molecule has 0 aliphatic rings. The number of nitrogens with zero attached hydrogens (tertiary/aromatic N) is 2. The number of benzene rings is 1. The van der Waals surface area contributed by atoms with Gasteiger partial charge in [0.15, 0.2) is 11.5 Å². The van der Waals surface area contributed by atoms with E-state index in [1.807, 2.05) is 4.90 Å². The lowest BCUT2D eigenvalue weighted by molar-refractivity contribution is -0.130. The molecule has 0 unspecified atom stereocenters. The standard InChI is InChI=1S/C15H23ClN2O3/c1-5-6-18(10-14(19)17(2)3)9-11-7-12(16)15(20)13(8-11)21-4/h7-8,20H,5-6,9-10H2,1-4H3. The molecule has 0 bridgehead atoms. The smallest absolute Gasteiger partial charge is 0.236 e. The zero-order valence-corrected chi connectivity index (χ0v) is 13.8. The lowest BCUT2D eigenvalue weighted by atomic mass is 10.1. The number of carbonyl (C=O) groups is 1. The van der Waals surface area contributed by atoms with Gasteiger partial charge < -0.3 is 14.7 Å². The minimum Gasteiger partial charge on any atom is -0.503 e. The number of aromatic hydroxyl groups is 1. The summed E-state index contributed by atoms with van der Waals surface area (Å²) in [4.78, 5) is 15.5. The first-order chi connectivity index (χ1) is 9.88. The molecule has 0 spiro atoms. The van der Waals surface area contributed by atoms with E-state index in [0.717, 1.165) is 18.5 Å². The molecule has 0 saturated carbocycles. The van der Waals surface area contributed by atoms with E-state index < -0.39 is 0 Å². The number of likely N-dealkylation sites (N-methyl/N-ethyl adjacent to an activating group) is 1. The lowest BCUT2D eigenvalue weighted by Gasteiger charge is -2.23. The molecule has 0 aliphatic carbocycles. The molecular weight excluding hydrogens is 292 g/mol. The third-order valence-electron chi connectivity index (χ3n) is 3.11. The molecule has 6 heteroatoms. The first kappa shape index (κ1) is 17.6. The first-order valence-corrected chi connectivity index (χ1v) is 7.24. The fraction of sp³-hybridized carbons (Fsp3) is 0.533. The van der Waals surface area contributed by atoms with Crippen LogP contribution in [-0.4, -0.2) is 55.1 Å². The Kier molecular flexibility index (Phi) is 6.78. The third-order valence-corrected chi connectivity index (χ3v) is 3.40. The predicted octanol–water partition coefficient (Wildman–Crippen LogP) is 2.35. The summed E-state index contributed by atoms with van der Waals surface area (Å²) in [6.07, 6.45) is 0.948. The molecule has 21 heavy (non-hydrogen) atoms. The zero-order valence-electron chi connectivity index (χ0n) is 13.0. The second-order valence-corrected chi connectivity index (χ2v) is 5.53. The zero-order chi connectivity index (χ0) is 16.0. The second kappa shape index (κ2) is 8.10. The predicted molar refractivity (Wildman–Crippen MR) is 83.9 cm³/mol. The van der Waals surface area contributed by atoms with Crippen LogP contribution in [-0.2, 0) is 11.3 Å². The van der Waals surface area contributed by atoms with Crippen LogP contribution in [0.2, 0.25) is 5.02 Å². The number of phenolic OH excluding ortho intramolecular Hbond substituents is 1. The van der Waals surface area contributed by atoms with Crippen molar-refractivity contribution in [3.05, 3.63) is 22.7 Å². The second-order valence-electron chi connectivity index (χ2n) is 5.13. The number of carbonyl (C=O) groups excluding carboxylic acids is 1. The van der Waals surface area contributed by atoms with Crippen molar-refractivity contribution in [3.8, 4) is 11.5 Å². The van der Waals surface area contributed by atoms with Crippen molar-refractivity contribution in [1.82, 2.24) is 9.80 Å². The van der Waals surface area contributed by atoms with Gasteiger partial charge in [0.1, 0.15) is 0 Å². The maximum atomic E-state index is 11.9. The molecule has 1 aromatic carbocycles. The summed E-state index contributed by atoms with van der Waals surface area (Å²) in [6.45, 7) is 3.79. The number of hydrogen-bond donors (Lipinski definition) is 1. The van der Waals surface area contributed by atoms with E-state index in [0.29, 0.717) is 18.8 Å². The van der Waals surface area contributed by atoms with E-state index >= 15 is 0 Å². The molecule has 0 saturated heterocycles. The summed E-state index contributed by atoms with van der Waals surface area (Å²) in [5, 5.41) is 10.00.